The maximum absolute atomic E-state index is 11.7. The summed E-state index contributed by atoms with van der Waals surface area (Å²) in [4.78, 5) is 14.1. The van der Waals surface area contributed by atoms with E-state index >= 15 is 0 Å². The predicted octanol–water partition coefficient (Wildman–Crippen LogP) is 1.93. The number of esters is 1. The van der Waals surface area contributed by atoms with E-state index in [-0.39, 0.29) is 11.6 Å². The van der Waals surface area contributed by atoms with E-state index in [4.69, 9.17) is 4.74 Å². The molecule has 0 amide bonds. The van der Waals surface area contributed by atoms with Gasteiger partial charge in [0.05, 0.1) is 6.42 Å². The molecule has 0 aromatic heterocycles. The van der Waals surface area contributed by atoms with E-state index in [1.54, 1.807) is 0 Å². The fourth-order valence-electron chi connectivity index (χ4n) is 3.65. The molecule has 1 saturated heterocycles. The van der Waals surface area contributed by atoms with Gasteiger partial charge in [0.1, 0.15) is 5.60 Å². The largest absolute Gasteiger partial charge is 0.460 e. The van der Waals surface area contributed by atoms with E-state index < -0.39 is 0 Å². The van der Waals surface area contributed by atoms with Crippen molar-refractivity contribution in [3.05, 3.63) is 0 Å². The highest BCUT2D eigenvalue weighted by Crippen LogP contribution is 2.49. The van der Waals surface area contributed by atoms with Gasteiger partial charge in [-0.05, 0) is 51.9 Å². The second-order valence-corrected chi connectivity index (χ2v) is 8.09. The number of nitrogens with one attached hydrogen (secondary N) is 1. The monoisotopic (exact) mass is 280 g/mol. The van der Waals surface area contributed by atoms with Crippen LogP contribution in [-0.4, -0.2) is 48.2 Å². The average Bonchev–Trinajstić information content (AvgIpc) is 2.98. The quantitative estimate of drug-likeness (QED) is 0.781. The summed E-state index contributed by atoms with van der Waals surface area (Å²) in [6, 6.07) is 1.61. The molecule has 0 unspecified atom stereocenters. The van der Waals surface area contributed by atoms with Crippen LogP contribution in [0.2, 0.25) is 0 Å². The lowest BCUT2D eigenvalue weighted by molar-refractivity contribution is -0.156. The van der Waals surface area contributed by atoms with E-state index in [0.29, 0.717) is 11.8 Å². The first-order valence-electron chi connectivity index (χ1n) is 8.04. The Morgan fingerprint density at radius 3 is 2.45 bits per heavy atom. The molecule has 2 aliphatic carbocycles. The zero-order chi connectivity index (χ0) is 14.4. The van der Waals surface area contributed by atoms with E-state index in [9.17, 15) is 4.79 Å². The summed E-state index contributed by atoms with van der Waals surface area (Å²) in [7, 11) is 0. The molecule has 3 aliphatic rings. The molecule has 0 radical (unpaired) electrons. The SMILES string of the molecule is CC(C)(C)OC(=O)CCN1CC2(CC(NC3CC3)C2)C1. The molecular weight excluding hydrogens is 252 g/mol. The summed E-state index contributed by atoms with van der Waals surface area (Å²) in [5.74, 6) is -0.0691. The Balaban J connectivity index is 1.28. The fourth-order valence-corrected chi connectivity index (χ4v) is 3.65. The molecule has 0 aromatic carbocycles. The summed E-state index contributed by atoms with van der Waals surface area (Å²) >= 11 is 0. The molecule has 4 heteroatoms. The van der Waals surface area contributed by atoms with Gasteiger partial charge in [0, 0.05) is 31.7 Å². The average molecular weight is 280 g/mol. The highest BCUT2D eigenvalue weighted by Gasteiger charge is 2.52. The number of ether oxygens (including phenoxy) is 1. The molecule has 0 atom stereocenters. The highest BCUT2D eigenvalue weighted by atomic mass is 16.6. The van der Waals surface area contributed by atoms with Crippen LogP contribution in [0.15, 0.2) is 0 Å². The molecule has 1 N–H and O–H groups in total. The Bertz CT molecular complexity index is 370. The minimum absolute atomic E-state index is 0.0691. The minimum atomic E-state index is -0.358. The molecule has 3 fully saturated rings. The minimum Gasteiger partial charge on any atom is -0.460 e. The Morgan fingerprint density at radius 1 is 1.25 bits per heavy atom. The van der Waals surface area contributed by atoms with Gasteiger partial charge in [-0.3, -0.25) is 4.79 Å². The third kappa shape index (κ3) is 3.53. The number of carbonyl (C=O) groups excluding carboxylic acids is 1. The van der Waals surface area contributed by atoms with Gasteiger partial charge >= 0.3 is 5.97 Å². The number of hydrogen-bond acceptors (Lipinski definition) is 4. The lowest BCUT2D eigenvalue weighted by Crippen LogP contribution is -2.66. The van der Waals surface area contributed by atoms with E-state index in [1.165, 1.54) is 38.8 Å². The van der Waals surface area contributed by atoms with Crippen LogP contribution in [0.3, 0.4) is 0 Å². The number of hydrogen-bond donors (Lipinski definition) is 1. The highest BCUT2D eigenvalue weighted by molar-refractivity contribution is 5.70. The fraction of sp³-hybridized carbons (Fsp3) is 0.938. The number of likely N-dealkylation sites (tertiary alicyclic amines) is 1. The molecule has 3 rings (SSSR count). The van der Waals surface area contributed by atoms with Gasteiger partial charge in [-0.1, -0.05) is 0 Å². The topological polar surface area (TPSA) is 41.6 Å². The van der Waals surface area contributed by atoms with Gasteiger partial charge in [-0.25, -0.2) is 0 Å². The Labute approximate surface area is 122 Å². The number of rotatable bonds is 5. The summed E-state index contributed by atoms with van der Waals surface area (Å²) in [6.07, 6.45) is 5.97. The van der Waals surface area contributed by atoms with Crippen LogP contribution in [0.25, 0.3) is 0 Å². The van der Waals surface area contributed by atoms with Crippen molar-refractivity contribution in [1.82, 2.24) is 10.2 Å². The predicted molar refractivity (Wildman–Crippen MR) is 78.5 cm³/mol. The first-order chi connectivity index (χ1) is 9.34. The molecular formula is C16H28N2O2. The van der Waals surface area contributed by atoms with Gasteiger partial charge in [0.25, 0.3) is 0 Å². The van der Waals surface area contributed by atoms with Crippen molar-refractivity contribution in [3.8, 4) is 0 Å². The maximum Gasteiger partial charge on any atom is 0.307 e. The standard InChI is InChI=1S/C16H28N2O2/c1-15(2,3)20-14(19)6-7-18-10-16(11-18)8-13(9-16)17-12-4-5-12/h12-13,17H,4-11H2,1-3H3. The summed E-state index contributed by atoms with van der Waals surface area (Å²) in [5, 5.41) is 3.71. The van der Waals surface area contributed by atoms with Crippen molar-refractivity contribution in [2.45, 2.75) is 70.6 Å². The lowest BCUT2D eigenvalue weighted by atomic mass is 9.60. The van der Waals surface area contributed by atoms with Gasteiger partial charge < -0.3 is 15.0 Å². The zero-order valence-electron chi connectivity index (χ0n) is 13.1. The maximum atomic E-state index is 11.7. The van der Waals surface area contributed by atoms with E-state index in [0.717, 1.165) is 18.6 Å². The van der Waals surface area contributed by atoms with Crippen molar-refractivity contribution in [2.75, 3.05) is 19.6 Å². The molecule has 2 saturated carbocycles. The first kappa shape index (κ1) is 14.3. The number of carbonyl (C=O) groups is 1. The van der Waals surface area contributed by atoms with Gasteiger partial charge in [0.15, 0.2) is 0 Å². The van der Waals surface area contributed by atoms with Crippen molar-refractivity contribution < 1.29 is 9.53 Å². The molecule has 4 nitrogen and oxygen atoms in total. The van der Waals surface area contributed by atoms with Crippen LogP contribution in [0, 0.1) is 5.41 Å². The Morgan fingerprint density at radius 2 is 1.90 bits per heavy atom. The van der Waals surface area contributed by atoms with E-state index in [2.05, 4.69) is 10.2 Å². The zero-order valence-corrected chi connectivity index (χ0v) is 13.1. The van der Waals surface area contributed by atoms with E-state index in [1.807, 2.05) is 20.8 Å². The van der Waals surface area contributed by atoms with Crippen LogP contribution in [0.1, 0.15) is 52.9 Å². The molecule has 1 heterocycles. The Hall–Kier alpha value is -0.610. The summed E-state index contributed by atoms with van der Waals surface area (Å²) < 4.78 is 5.34. The third-order valence-corrected chi connectivity index (χ3v) is 4.58. The van der Waals surface area contributed by atoms with Gasteiger partial charge in [0.2, 0.25) is 0 Å². The second kappa shape index (κ2) is 4.99. The molecule has 1 aliphatic heterocycles. The summed E-state index contributed by atoms with van der Waals surface area (Å²) in [5.41, 5.74) is 0.226. The molecule has 0 bridgehead atoms. The van der Waals surface area contributed by atoms with Crippen LogP contribution in [0.4, 0.5) is 0 Å². The van der Waals surface area contributed by atoms with Gasteiger partial charge in [-0.15, -0.1) is 0 Å². The number of nitrogens with zero attached hydrogens (tertiary/aromatic N) is 1. The third-order valence-electron chi connectivity index (χ3n) is 4.58. The molecule has 114 valence electrons. The van der Waals surface area contributed by atoms with Crippen molar-refractivity contribution in [2.24, 2.45) is 5.41 Å². The van der Waals surface area contributed by atoms with Crippen molar-refractivity contribution in [1.29, 1.82) is 0 Å². The van der Waals surface area contributed by atoms with Gasteiger partial charge in [-0.2, -0.15) is 0 Å². The van der Waals surface area contributed by atoms with Crippen LogP contribution in [0.5, 0.6) is 0 Å². The Kier molecular flexibility index (Phi) is 3.57. The molecule has 20 heavy (non-hydrogen) atoms. The van der Waals surface area contributed by atoms with Crippen molar-refractivity contribution >= 4 is 5.97 Å². The van der Waals surface area contributed by atoms with Crippen LogP contribution < -0.4 is 5.32 Å². The van der Waals surface area contributed by atoms with Crippen LogP contribution in [-0.2, 0) is 9.53 Å². The lowest BCUT2D eigenvalue weighted by Gasteiger charge is -2.59. The molecule has 1 spiro atoms. The van der Waals surface area contributed by atoms with Crippen molar-refractivity contribution in [3.63, 3.8) is 0 Å². The molecule has 0 aromatic rings. The normalized spacial score (nSPS) is 26.1. The smallest absolute Gasteiger partial charge is 0.307 e. The van der Waals surface area contributed by atoms with Crippen LogP contribution >= 0.6 is 0 Å². The second-order valence-electron chi connectivity index (χ2n) is 8.09. The first-order valence-corrected chi connectivity index (χ1v) is 8.04. The summed E-state index contributed by atoms with van der Waals surface area (Å²) in [6.45, 7) is 8.98.